The minimum atomic E-state index is 0.116. The predicted molar refractivity (Wildman–Crippen MR) is 134 cm³/mol. The van der Waals surface area contributed by atoms with E-state index in [1.807, 2.05) is 19.3 Å². The number of carbonyl (C=O) groups is 1. The Morgan fingerprint density at radius 1 is 1.03 bits per heavy atom. The van der Waals surface area contributed by atoms with Crippen LogP contribution in [0.3, 0.4) is 0 Å². The summed E-state index contributed by atoms with van der Waals surface area (Å²) in [5, 5.41) is 5.27. The number of hydrogen-bond acceptors (Lipinski definition) is 4. The van der Waals surface area contributed by atoms with Crippen molar-refractivity contribution in [3.8, 4) is 11.1 Å². The van der Waals surface area contributed by atoms with Crippen LogP contribution in [0.1, 0.15) is 36.3 Å². The number of ketones is 1. The molecule has 5 nitrogen and oxygen atoms in total. The Bertz CT molecular complexity index is 1290. The molecular weight excluding hydrogens is 408 g/mol. The molecule has 0 bridgehead atoms. The van der Waals surface area contributed by atoms with Crippen molar-refractivity contribution in [1.29, 1.82) is 0 Å². The summed E-state index contributed by atoms with van der Waals surface area (Å²) in [4.78, 5) is 19.8. The Kier molecular flexibility index (Phi) is 5.71. The lowest BCUT2D eigenvalue weighted by atomic mass is 10.0. The Labute approximate surface area is 195 Å². The van der Waals surface area contributed by atoms with E-state index < -0.39 is 0 Å². The van der Waals surface area contributed by atoms with Crippen molar-refractivity contribution in [1.82, 2.24) is 14.8 Å². The van der Waals surface area contributed by atoms with Gasteiger partial charge in [-0.1, -0.05) is 24.3 Å². The second kappa shape index (κ2) is 8.81. The minimum absolute atomic E-state index is 0.116. The third kappa shape index (κ3) is 4.28. The van der Waals surface area contributed by atoms with Gasteiger partial charge in [-0.2, -0.15) is 5.10 Å². The van der Waals surface area contributed by atoms with Crippen LogP contribution in [0.2, 0.25) is 0 Å². The lowest BCUT2D eigenvalue weighted by molar-refractivity contribution is 0.0952. The largest absolute Gasteiger partial charge is 0.372 e. The van der Waals surface area contributed by atoms with E-state index in [4.69, 9.17) is 4.98 Å². The van der Waals surface area contributed by atoms with Crippen molar-refractivity contribution >= 4 is 22.4 Å². The van der Waals surface area contributed by atoms with E-state index >= 15 is 0 Å². The molecular formula is C28H30N4O. The minimum Gasteiger partial charge on any atom is -0.372 e. The van der Waals surface area contributed by atoms with Crippen LogP contribution in [-0.4, -0.2) is 33.6 Å². The maximum Gasteiger partial charge on any atom is 0.184 e. The van der Waals surface area contributed by atoms with Crippen molar-refractivity contribution in [3.05, 3.63) is 78.2 Å². The third-order valence-electron chi connectivity index (χ3n) is 6.91. The van der Waals surface area contributed by atoms with Crippen molar-refractivity contribution in [2.24, 2.45) is 18.9 Å². The highest BCUT2D eigenvalue weighted by Gasteiger charge is 2.43. The lowest BCUT2D eigenvalue weighted by Gasteiger charge is -2.21. The number of rotatable bonds is 8. The van der Waals surface area contributed by atoms with Crippen LogP contribution < -0.4 is 4.90 Å². The smallest absolute Gasteiger partial charge is 0.184 e. The molecule has 1 aliphatic rings. The maximum absolute atomic E-state index is 12.7. The number of Topliss-reactive ketones (excluding diaryl/α,β-unsaturated/α-hetero) is 1. The first-order valence-electron chi connectivity index (χ1n) is 11.8. The second-order valence-corrected chi connectivity index (χ2v) is 8.98. The molecule has 2 aromatic carbocycles. The fourth-order valence-corrected chi connectivity index (χ4v) is 4.81. The first-order valence-corrected chi connectivity index (χ1v) is 11.8. The normalized spacial score (nSPS) is 17.3. The molecule has 2 aromatic heterocycles. The van der Waals surface area contributed by atoms with E-state index in [9.17, 15) is 4.79 Å². The molecule has 2 unspecified atom stereocenters. The number of benzene rings is 2. The molecule has 0 N–H and O–H groups in total. The Morgan fingerprint density at radius 2 is 1.82 bits per heavy atom. The third-order valence-corrected chi connectivity index (χ3v) is 6.91. The summed E-state index contributed by atoms with van der Waals surface area (Å²) in [7, 11) is 1.83. The summed E-state index contributed by atoms with van der Waals surface area (Å²) >= 11 is 0. The van der Waals surface area contributed by atoms with Crippen LogP contribution in [-0.2, 0) is 13.5 Å². The average Bonchev–Trinajstić information content (AvgIpc) is 3.48. The fourth-order valence-electron chi connectivity index (χ4n) is 4.81. The Morgan fingerprint density at radius 3 is 2.52 bits per heavy atom. The van der Waals surface area contributed by atoms with Crippen LogP contribution in [0.15, 0.2) is 67.0 Å². The van der Waals surface area contributed by atoms with Crippen molar-refractivity contribution < 1.29 is 4.79 Å². The number of anilines is 1. The van der Waals surface area contributed by atoms with Gasteiger partial charge in [0.1, 0.15) is 5.69 Å². The number of fused-ring (bicyclic) bond motifs is 1. The number of carbonyl (C=O) groups excluding carboxylic acids is 1. The molecule has 2 atom stereocenters. The van der Waals surface area contributed by atoms with Gasteiger partial charge in [0.15, 0.2) is 5.78 Å². The van der Waals surface area contributed by atoms with Gasteiger partial charge in [0, 0.05) is 55.1 Å². The summed E-state index contributed by atoms with van der Waals surface area (Å²) in [6.45, 7) is 6.38. The van der Waals surface area contributed by atoms with E-state index in [1.165, 1.54) is 16.8 Å². The molecule has 5 rings (SSSR count). The first kappa shape index (κ1) is 21.4. The average molecular weight is 439 g/mol. The molecule has 5 heteroatoms. The van der Waals surface area contributed by atoms with E-state index in [0.29, 0.717) is 11.6 Å². The van der Waals surface area contributed by atoms with E-state index in [2.05, 4.69) is 72.4 Å². The molecule has 0 amide bonds. The summed E-state index contributed by atoms with van der Waals surface area (Å²) in [6, 6.07) is 19.3. The van der Waals surface area contributed by atoms with Gasteiger partial charge in [-0.05, 0) is 74.1 Å². The molecule has 0 aliphatic heterocycles. The Hall–Kier alpha value is -3.47. The van der Waals surface area contributed by atoms with Gasteiger partial charge in [0.25, 0.3) is 0 Å². The van der Waals surface area contributed by atoms with Crippen LogP contribution >= 0.6 is 0 Å². The van der Waals surface area contributed by atoms with Crippen molar-refractivity contribution in [2.45, 2.75) is 26.7 Å². The highest BCUT2D eigenvalue weighted by molar-refractivity contribution is 5.98. The molecule has 0 radical (unpaired) electrons. The zero-order valence-electron chi connectivity index (χ0n) is 19.5. The van der Waals surface area contributed by atoms with Crippen molar-refractivity contribution in [2.75, 3.05) is 18.0 Å². The Balaban J connectivity index is 1.29. The van der Waals surface area contributed by atoms with E-state index in [1.54, 1.807) is 10.9 Å². The first-order chi connectivity index (χ1) is 16.1. The highest BCUT2D eigenvalue weighted by atomic mass is 16.1. The maximum atomic E-state index is 12.7. The van der Waals surface area contributed by atoms with Gasteiger partial charge in [-0.3, -0.25) is 14.5 Å². The quantitative estimate of drug-likeness (QED) is 0.339. The molecule has 0 saturated heterocycles. The highest BCUT2D eigenvalue weighted by Crippen LogP contribution is 2.43. The van der Waals surface area contributed by atoms with E-state index in [0.717, 1.165) is 42.4 Å². The van der Waals surface area contributed by atoms with Gasteiger partial charge in [-0.25, -0.2) is 0 Å². The van der Waals surface area contributed by atoms with Gasteiger partial charge < -0.3 is 4.90 Å². The predicted octanol–water partition coefficient (Wildman–Crippen LogP) is 5.54. The SMILES string of the molecule is CCN(CC)c1ccc(-c2cnc3cc(CC4CC4C(=O)c4ccnn4C)ccc3c2)cc1. The topological polar surface area (TPSA) is 51.0 Å². The van der Waals surface area contributed by atoms with Crippen LogP contribution in [0, 0.1) is 11.8 Å². The molecule has 1 aliphatic carbocycles. The molecule has 33 heavy (non-hydrogen) atoms. The number of aromatic nitrogens is 3. The lowest BCUT2D eigenvalue weighted by Crippen LogP contribution is -2.21. The van der Waals surface area contributed by atoms with Crippen LogP contribution in [0.5, 0.6) is 0 Å². The number of aryl methyl sites for hydroxylation is 1. The van der Waals surface area contributed by atoms with Gasteiger partial charge in [-0.15, -0.1) is 0 Å². The monoisotopic (exact) mass is 438 g/mol. The molecule has 168 valence electrons. The molecule has 0 spiro atoms. The van der Waals surface area contributed by atoms with Crippen LogP contribution in [0.4, 0.5) is 5.69 Å². The van der Waals surface area contributed by atoms with Gasteiger partial charge >= 0.3 is 0 Å². The summed E-state index contributed by atoms with van der Waals surface area (Å²) in [5.41, 5.74) is 6.52. The fraction of sp³-hybridized carbons (Fsp3) is 0.321. The van der Waals surface area contributed by atoms with Crippen molar-refractivity contribution in [3.63, 3.8) is 0 Å². The zero-order valence-corrected chi connectivity index (χ0v) is 19.5. The van der Waals surface area contributed by atoms with Crippen LogP contribution in [0.25, 0.3) is 22.0 Å². The van der Waals surface area contributed by atoms with Gasteiger partial charge in [0.05, 0.1) is 5.52 Å². The summed E-state index contributed by atoms with van der Waals surface area (Å²) in [6.07, 6.45) is 5.52. The second-order valence-electron chi connectivity index (χ2n) is 8.98. The standard InChI is InChI=1S/C28H30N4O/c1-4-32(5-2)24-10-8-20(9-11-24)23-16-21-7-6-19(15-26(21)29-18-23)14-22-17-25(22)28(33)27-12-13-30-31(27)3/h6-13,15-16,18,22,25H,4-5,14,17H2,1-3H3. The summed E-state index contributed by atoms with van der Waals surface area (Å²) < 4.78 is 1.67. The number of pyridine rings is 1. The molecule has 1 saturated carbocycles. The van der Waals surface area contributed by atoms with E-state index in [-0.39, 0.29) is 11.7 Å². The molecule has 4 aromatic rings. The number of hydrogen-bond donors (Lipinski definition) is 0. The number of nitrogens with zero attached hydrogens (tertiary/aromatic N) is 4. The van der Waals surface area contributed by atoms with Gasteiger partial charge in [0.2, 0.25) is 0 Å². The zero-order chi connectivity index (χ0) is 22.9. The summed E-state index contributed by atoms with van der Waals surface area (Å²) in [5.74, 6) is 0.745. The molecule has 1 fully saturated rings. The molecule has 2 heterocycles.